The highest BCUT2D eigenvalue weighted by Crippen LogP contribution is 2.48. The molecule has 16 rings (SSSR count). The van der Waals surface area contributed by atoms with Crippen LogP contribution < -0.4 is 0 Å². The van der Waals surface area contributed by atoms with Gasteiger partial charge in [-0.3, -0.25) is 0 Å². The third-order valence-electron chi connectivity index (χ3n) is 18.5. The molecule has 3 aliphatic rings. The van der Waals surface area contributed by atoms with Crippen LogP contribution in [0.4, 0.5) is 26.3 Å². The van der Waals surface area contributed by atoms with Gasteiger partial charge in [0.1, 0.15) is 0 Å². The minimum Gasteiger partial charge on any atom is -0.331 e. The van der Waals surface area contributed by atoms with Gasteiger partial charge < -0.3 is 13.7 Å². The highest BCUT2D eigenvalue weighted by molar-refractivity contribution is 6.21. The topological polar surface area (TPSA) is 14.8 Å². The van der Waals surface area contributed by atoms with Crippen LogP contribution in [0.5, 0.6) is 0 Å². The molecular weight excluding hydrogens is 1080 g/mol. The highest BCUT2D eigenvalue weighted by Gasteiger charge is 2.39. The molecule has 0 bridgehead atoms. The van der Waals surface area contributed by atoms with Crippen molar-refractivity contribution in [2.24, 2.45) is 5.92 Å². The van der Waals surface area contributed by atoms with Crippen molar-refractivity contribution < 1.29 is 26.3 Å². The van der Waals surface area contributed by atoms with Gasteiger partial charge in [0.2, 0.25) is 0 Å². The fourth-order valence-electron chi connectivity index (χ4n) is 14.4. The molecule has 2 unspecified atom stereocenters. The zero-order chi connectivity index (χ0) is 58.2. The van der Waals surface area contributed by atoms with E-state index in [1.165, 1.54) is 62.0 Å². The Morgan fingerprint density at radius 2 is 0.942 bits per heavy atom. The van der Waals surface area contributed by atoms with Crippen molar-refractivity contribution in [1.29, 1.82) is 0 Å². The average molecular weight is 1130 g/mol. The number of halogens is 6. The number of hydrogen-bond acceptors (Lipinski definition) is 0. The smallest absolute Gasteiger partial charge is 0.331 e. The Hall–Kier alpha value is -9.86. The molecule has 3 heterocycles. The Kier molecular flexibility index (Phi) is 11.6. The van der Waals surface area contributed by atoms with E-state index in [0.717, 1.165) is 106 Å². The van der Waals surface area contributed by atoms with Crippen molar-refractivity contribution in [3.8, 4) is 39.1 Å². The first-order chi connectivity index (χ1) is 41.8. The zero-order valence-corrected chi connectivity index (χ0v) is 46.7. The van der Waals surface area contributed by atoms with Gasteiger partial charge in [-0.2, -0.15) is 26.3 Å². The third kappa shape index (κ3) is 8.18. The van der Waals surface area contributed by atoms with Crippen molar-refractivity contribution >= 4 is 93.4 Å². The number of benzene rings is 10. The molecular formula is C77H53F6N3. The van der Waals surface area contributed by atoms with E-state index >= 15 is 0 Å². The maximum Gasteiger partial charge on any atom is 0.416 e. The van der Waals surface area contributed by atoms with Crippen molar-refractivity contribution in [3.63, 3.8) is 0 Å². The first-order valence-corrected chi connectivity index (χ1v) is 29.2. The van der Waals surface area contributed by atoms with E-state index in [2.05, 4.69) is 202 Å². The monoisotopic (exact) mass is 1130 g/mol. The van der Waals surface area contributed by atoms with Crippen LogP contribution in [0.1, 0.15) is 43.0 Å². The minimum absolute atomic E-state index is 0.0967. The Bertz CT molecular complexity index is 5090. The van der Waals surface area contributed by atoms with E-state index in [1.54, 1.807) is 18.2 Å². The lowest BCUT2D eigenvalue weighted by Gasteiger charge is -2.32. The molecule has 0 fully saturated rings. The van der Waals surface area contributed by atoms with E-state index in [0.29, 0.717) is 6.42 Å². The summed E-state index contributed by atoms with van der Waals surface area (Å²) in [7, 11) is 0. The molecule has 0 N–H and O–H groups in total. The number of rotatable bonds is 7. The van der Waals surface area contributed by atoms with Crippen LogP contribution >= 0.6 is 0 Å². The lowest BCUT2D eigenvalue weighted by atomic mass is 9.86. The molecule has 13 aromatic rings. The molecule has 3 aromatic heterocycles. The zero-order valence-electron chi connectivity index (χ0n) is 46.7. The molecule has 3 nitrogen and oxygen atoms in total. The second-order valence-electron chi connectivity index (χ2n) is 23.4. The number of nitrogens with zero attached hydrogens (tertiary/aromatic N) is 3. The van der Waals surface area contributed by atoms with Gasteiger partial charge in [-0.15, -0.1) is 0 Å². The molecule has 86 heavy (non-hydrogen) atoms. The number of allylic oxidation sites excluding steroid dienone is 9. The van der Waals surface area contributed by atoms with Crippen molar-refractivity contribution in [2.45, 2.75) is 50.5 Å². The second kappa shape index (κ2) is 19.3. The van der Waals surface area contributed by atoms with Crippen molar-refractivity contribution in [3.05, 3.63) is 265 Å². The molecule has 9 heteroatoms. The third-order valence-corrected chi connectivity index (χ3v) is 18.5. The Labute approximate surface area is 491 Å². The molecule has 0 saturated heterocycles. The quantitative estimate of drug-likeness (QED) is 0.112. The normalized spacial score (nSPS) is 17.3. The first kappa shape index (κ1) is 51.8. The maximum atomic E-state index is 13.9. The summed E-state index contributed by atoms with van der Waals surface area (Å²) < 4.78 is 89.7. The lowest BCUT2D eigenvalue weighted by molar-refractivity contribution is -0.160. The summed E-state index contributed by atoms with van der Waals surface area (Å²) in [6.45, 7) is 2.00. The van der Waals surface area contributed by atoms with Gasteiger partial charge in [-0.05, 0) is 171 Å². The molecule has 0 spiro atoms. The van der Waals surface area contributed by atoms with Gasteiger partial charge in [-0.25, -0.2) is 0 Å². The number of aromatic nitrogens is 3. The second-order valence-corrected chi connectivity index (χ2v) is 23.4. The molecule has 10 aromatic carbocycles. The Morgan fingerprint density at radius 3 is 1.52 bits per heavy atom. The van der Waals surface area contributed by atoms with Gasteiger partial charge in [0, 0.05) is 60.6 Å². The van der Waals surface area contributed by atoms with E-state index in [-0.39, 0.29) is 12.8 Å². The van der Waals surface area contributed by atoms with Gasteiger partial charge in [0.25, 0.3) is 0 Å². The maximum absolute atomic E-state index is 13.9. The molecule has 0 amide bonds. The van der Waals surface area contributed by atoms with E-state index in [4.69, 9.17) is 0 Å². The predicted octanol–water partition coefficient (Wildman–Crippen LogP) is 21.8. The van der Waals surface area contributed by atoms with Gasteiger partial charge in [0.15, 0.2) is 0 Å². The molecule has 2 atom stereocenters. The van der Waals surface area contributed by atoms with Gasteiger partial charge in [-0.1, -0.05) is 176 Å². The molecule has 0 saturated carbocycles. The minimum atomic E-state index is -4.42. The fourth-order valence-corrected chi connectivity index (χ4v) is 14.4. The number of para-hydroxylation sites is 2. The van der Waals surface area contributed by atoms with Gasteiger partial charge >= 0.3 is 12.4 Å². The summed E-state index contributed by atoms with van der Waals surface area (Å²) in [5.41, 5.74) is 16.6. The van der Waals surface area contributed by atoms with Crippen molar-refractivity contribution in [2.75, 3.05) is 0 Å². The van der Waals surface area contributed by atoms with Gasteiger partial charge in [0.05, 0.1) is 33.6 Å². The van der Waals surface area contributed by atoms with E-state index in [1.807, 2.05) is 31.2 Å². The number of fused-ring (bicyclic) bond motifs is 11. The summed E-state index contributed by atoms with van der Waals surface area (Å²) >= 11 is 0. The van der Waals surface area contributed by atoms with Crippen LogP contribution in [-0.4, -0.2) is 26.1 Å². The lowest BCUT2D eigenvalue weighted by Crippen LogP contribution is -2.29. The summed E-state index contributed by atoms with van der Waals surface area (Å²) in [6, 6.07) is 73.3. The largest absolute Gasteiger partial charge is 0.416 e. The molecule has 418 valence electrons. The van der Waals surface area contributed by atoms with Crippen LogP contribution in [0.2, 0.25) is 0 Å². The average Bonchev–Trinajstić information content (AvgIpc) is 1.75. The summed E-state index contributed by atoms with van der Waals surface area (Å²) in [6.07, 6.45) is 3.99. The number of alkyl halides is 6. The standard InChI is InChI=1S/C77H53F6N3/c1-75(41-39-54(40-42-75)77(81,82)83)86-71-22-12-10-16-58(71)64-44-52(28-38-72(64)86)51-27-37-70-66(46-51)65-45-50(49-25-35-68-63(43-49)57-15-9-11-21-67(57)84(68)56-33-29-53(30-34-56)76(78,79)80)26-36-69(65)85(70)55-31-23-48(24-32-55)74-61-19-7-5-17-59(61)73(47-13-3-2-4-14-47)60-18-6-8-20-62(60)74/h2-24,26-29,31-34,36-41,43-46,53H,25,30,35,42H2,1H3. The van der Waals surface area contributed by atoms with Crippen molar-refractivity contribution in [1.82, 2.24) is 13.7 Å². The Morgan fingerprint density at radius 1 is 0.442 bits per heavy atom. The fraction of sp³-hybridized carbons (Fsp3) is 0.117. The SMILES string of the molecule is CC1(n2c3ccccc3c3cc(-c4ccc5c(c4)c4cc(C6=Cc7c(n(C8=CCC(C(F)(F)F)C=C8)c8ccccc78)CC6)ccc4n5-c4ccc(-c5c6ccccc6c(-c6ccccc6)c6ccccc56)cc4)ccc32)C=CC(C(F)(F)F)=CC1. The van der Waals surface area contributed by atoms with E-state index < -0.39 is 29.4 Å². The summed E-state index contributed by atoms with van der Waals surface area (Å²) in [5.74, 6) is -1.50. The number of hydrogen-bond donors (Lipinski definition) is 0. The predicted molar refractivity (Wildman–Crippen MR) is 342 cm³/mol. The van der Waals surface area contributed by atoms with E-state index in [9.17, 15) is 26.3 Å². The summed E-state index contributed by atoms with van der Waals surface area (Å²) in [4.78, 5) is 0. The first-order valence-electron chi connectivity index (χ1n) is 29.2. The molecule has 3 aliphatic carbocycles. The van der Waals surface area contributed by atoms with Crippen LogP contribution in [0.3, 0.4) is 0 Å². The van der Waals surface area contributed by atoms with Crippen LogP contribution in [0.15, 0.2) is 248 Å². The highest BCUT2D eigenvalue weighted by atomic mass is 19.4. The van der Waals surface area contributed by atoms with Crippen LogP contribution in [0, 0.1) is 5.92 Å². The molecule has 0 aliphatic heterocycles. The summed E-state index contributed by atoms with van der Waals surface area (Å²) in [5, 5.41) is 10.0. The van der Waals surface area contributed by atoms with Crippen LogP contribution in [0.25, 0.3) is 132 Å². The Balaban J connectivity index is 0.847. The molecule has 0 radical (unpaired) electrons. The van der Waals surface area contributed by atoms with Crippen LogP contribution in [-0.2, 0) is 12.0 Å².